The molecule has 0 N–H and O–H groups in total. The Kier molecular flexibility index (Phi) is 7.35. The van der Waals surface area contributed by atoms with Crippen LogP contribution >= 0.6 is 0 Å². The molecule has 4 nitrogen and oxygen atoms in total. The Balaban J connectivity index is 4.14. The second kappa shape index (κ2) is 8.19. The van der Waals surface area contributed by atoms with E-state index in [2.05, 4.69) is 22.6 Å². The highest BCUT2D eigenvalue weighted by atomic mass is 19.1. The first kappa shape index (κ1) is 17.9. The maximum Gasteiger partial charge on any atom is 0.366 e. The Morgan fingerprint density at radius 1 is 1.20 bits per heavy atom. The minimum Gasteiger partial charge on any atom is -0.456 e. The Bertz CT molecular complexity index is 427. The number of carbonyl (C=O) groups is 2. The molecule has 0 aliphatic rings. The van der Waals surface area contributed by atoms with Crippen molar-refractivity contribution in [3.8, 4) is 0 Å². The van der Waals surface area contributed by atoms with E-state index >= 15 is 0 Å². The minimum atomic E-state index is -2.36. The zero-order chi connectivity index (χ0) is 15.8. The van der Waals surface area contributed by atoms with Crippen molar-refractivity contribution in [3.05, 3.63) is 37.0 Å². The predicted octanol–water partition coefficient (Wildman–Crippen LogP) is 2.71. The number of halogens is 3. The molecule has 1 atom stereocenters. The van der Waals surface area contributed by atoms with E-state index in [4.69, 9.17) is 0 Å². The lowest BCUT2D eigenvalue weighted by molar-refractivity contribution is -0.155. The van der Waals surface area contributed by atoms with Crippen LogP contribution in [0.5, 0.6) is 0 Å². The first-order chi connectivity index (χ1) is 9.16. The summed E-state index contributed by atoms with van der Waals surface area (Å²) < 4.78 is 46.9. The Hall–Kier alpha value is -2.05. The summed E-state index contributed by atoms with van der Waals surface area (Å²) in [6, 6.07) is 0. The summed E-state index contributed by atoms with van der Waals surface area (Å²) in [5, 5.41) is 0. The molecule has 20 heavy (non-hydrogen) atoms. The van der Waals surface area contributed by atoms with E-state index < -0.39 is 35.9 Å². The van der Waals surface area contributed by atoms with Crippen LogP contribution in [0, 0.1) is 0 Å². The smallest absolute Gasteiger partial charge is 0.366 e. The molecule has 7 heteroatoms. The van der Waals surface area contributed by atoms with Crippen LogP contribution in [-0.2, 0) is 19.1 Å². The number of allylic oxidation sites excluding steroid dienone is 1. The van der Waals surface area contributed by atoms with E-state index in [9.17, 15) is 22.8 Å². The van der Waals surface area contributed by atoms with Gasteiger partial charge in [-0.15, -0.1) is 0 Å². The van der Waals surface area contributed by atoms with E-state index in [-0.39, 0.29) is 13.0 Å². The molecule has 0 saturated carbocycles. The molecule has 0 amide bonds. The minimum absolute atomic E-state index is 0.297. The topological polar surface area (TPSA) is 52.6 Å². The van der Waals surface area contributed by atoms with Gasteiger partial charge in [0.05, 0.1) is 0 Å². The molecule has 1 unspecified atom stereocenters. The van der Waals surface area contributed by atoms with Crippen molar-refractivity contribution < 1.29 is 32.2 Å². The predicted molar refractivity (Wildman–Crippen MR) is 65.7 cm³/mol. The van der Waals surface area contributed by atoms with Gasteiger partial charge in [0.2, 0.25) is 11.5 Å². The summed E-state index contributed by atoms with van der Waals surface area (Å²) >= 11 is 0. The molecule has 0 aromatic rings. The fourth-order valence-corrected chi connectivity index (χ4v) is 0.952. The van der Waals surface area contributed by atoms with Gasteiger partial charge in [0.1, 0.15) is 19.0 Å². The summed E-state index contributed by atoms with van der Waals surface area (Å²) in [7, 11) is 0. The molecule has 0 rings (SSSR count). The average molecular weight is 292 g/mol. The van der Waals surface area contributed by atoms with Crippen LogP contribution in [0.15, 0.2) is 37.0 Å². The molecular weight excluding hydrogens is 277 g/mol. The van der Waals surface area contributed by atoms with Gasteiger partial charge in [0.25, 0.3) is 0 Å². The van der Waals surface area contributed by atoms with Gasteiger partial charge in [0.15, 0.2) is 0 Å². The van der Waals surface area contributed by atoms with Gasteiger partial charge in [-0.1, -0.05) is 25.3 Å². The van der Waals surface area contributed by atoms with Gasteiger partial charge in [-0.3, -0.25) is 0 Å². The van der Waals surface area contributed by atoms with Gasteiger partial charge in [0, 0.05) is 6.42 Å². The molecule has 0 spiro atoms. The number of hydrogen-bond donors (Lipinski definition) is 0. The number of rotatable bonds is 8. The summed E-state index contributed by atoms with van der Waals surface area (Å²) in [5.41, 5.74) is -2.36. The lowest BCUT2D eigenvalue weighted by Gasteiger charge is -2.16. The lowest BCUT2D eigenvalue weighted by atomic mass is 10.1. The molecule has 0 saturated heterocycles. The zero-order valence-electron chi connectivity index (χ0n) is 11.0. The van der Waals surface area contributed by atoms with E-state index in [0.29, 0.717) is 0 Å². The number of alkyl halides is 1. The highest BCUT2D eigenvalue weighted by molar-refractivity contribution is 5.85. The second-order valence-corrected chi connectivity index (χ2v) is 3.97. The van der Waals surface area contributed by atoms with Crippen molar-refractivity contribution in [2.24, 2.45) is 0 Å². The summed E-state index contributed by atoms with van der Waals surface area (Å²) in [6.45, 7) is 5.53. The highest BCUT2D eigenvalue weighted by Gasteiger charge is 2.33. The van der Waals surface area contributed by atoms with Gasteiger partial charge < -0.3 is 9.47 Å². The van der Waals surface area contributed by atoms with Crippen molar-refractivity contribution in [3.63, 3.8) is 0 Å². The maximum absolute atomic E-state index is 13.8. The average Bonchev–Trinajstić information content (AvgIpc) is 2.34. The van der Waals surface area contributed by atoms with Crippen LogP contribution in [0.2, 0.25) is 0 Å². The van der Waals surface area contributed by atoms with E-state index in [1.54, 1.807) is 0 Å². The summed E-state index contributed by atoms with van der Waals surface area (Å²) in [6.07, 6.45) is 2.05. The molecule has 0 fully saturated rings. The molecule has 0 bridgehead atoms. The second-order valence-electron chi connectivity index (χ2n) is 3.97. The first-order valence-electron chi connectivity index (χ1n) is 5.52. The molecule has 0 aliphatic carbocycles. The van der Waals surface area contributed by atoms with Crippen molar-refractivity contribution in [2.75, 3.05) is 13.2 Å². The van der Waals surface area contributed by atoms with Crippen LogP contribution in [-0.4, -0.2) is 30.8 Å². The third kappa shape index (κ3) is 7.40. The van der Waals surface area contributed by atoms with Gasteiger partial charge in [-0.25, -0.2) is 18.4 Å². The standard InChI is InChI=1S/C13H15F3O4/c1-9(14)8-20-12(18)13(3,16)6-4-5-7-19-11(17)10(2)15/h4-5H,1-2,6-8H2,3H3/b5-4+. The van der Waals surface area contributed by atoms with E-state index in [1.165, 1.54) is 12.2 Å². The molecule has 0 heterocycles. The van der Waals surface area contributed by atoms with Crippen LogP contribution in [0.4, 0.5) is 13.2 Å². The van der Waals surface area contributed by atoms with Crippen molar-refractivity contribution in [1.82, 2.24) is 0 Å². The molecule has 112 valence electrons. The maximum atomic E-state index is 13.8. The number of esters is 2. The summed E-state index contributed by atoms with van der Waals surface area (Å²) in [5.74, 6) is -4.61. The van der Waals surface area contributed by atoms with Crippen LogP contribution < -0.4 is 0 Å². The highest BCUT2D eigenvalue weighted by Crippen LogP contribution is 2.18. The lowest BCUT2D eigenvalue weighted by Crippen LogP contribution is -2.32. The first-order valence-corrected chi connectivity index (χ1v) is 5.52. The third-order valence-corrected chi connectivity index (χ3v) is 1.99. The summed E-state index contributed by atoms with van der Waals surface area (Å²) in [4.78, 5) is 21.9. The monoisotopic (exact) mass is 292 g/mol. The third-order valence-electron chi connectivity index (χ3n) is 1.99. The molecule has 0 radical (unpaired) electrons. The quantitative estimate of drug-likeness (QED) is 0.392. The number of ether oxygens (including phenoxy) is 2. The van der Waals surface area contributed by atoms with Crippen molar-refractivity contribution >= 4 is 11.9 Å². The van der Waals surface area contributed by atoms with Gasteiger partial charge in [-0.2, -0.15) is 4.39 Å². The van der Waals surface area contributed by atoms with Crippen LogP contribution in [0.3, 0.4) is 0 Å². The fraction of sp³-hybridized carbons (Fsp3) is 0.385. The van der Waals surface area contributed by atoms with Gasteiger partial charge >= 0.3 is 11.9 Å². The number of carbonyl (C=O) groups excluding carboxylic acids is 2. The normalized spacial score (nSPS) is 13.6. The van der Waals surface area contributed by atoms with Crippen molar-refractivity contribution in [2.45, 2.75) is 19.0 Å². The largest absolute Gasteiger partial charge is 0.456 e. The van der Waals surface area contributed by atoms with E-state index in [0.717, 1.165) is 6.92 Å². The molecule has 0 aliphatic heterocycles. The van der Waals surface area contributed by atoms with Crippen molar-refractivity contribution in [1.29, 1.82) is 0 Å². The van der Waals surface area contributed by atoms with E-state index in [1.807, 2.05) is 0 Å². The van der Waals surface area contributed by atoms with Gasteiger partial charge in [-0.05, 0) is 6.92 Å². The Labute approximate surface area is 114 Å². The fourth-order valence-electron chi connectivity index (χ4n) is 0.952. The molecule has 0 aromatic heterocycles. The van der Waals surface area contributed by atoms with Crippen LogP contribution in [0.25, 0.3) is 0 Å². The Morgan fingerprint density at radius 2 is 1.80 bits per heavy atom. The zero-order valence-corrected chi connectivity index (χ0v) is 11.0. The molecular formula is C13H15F3O4. The SMILES string of the molecule is C=C(F)COC(=O)C(C)(F)C/C=C/COC(=O)C(=C)F. The van der Waals surface area contributed by atoms with Crippen LogP contribution in [0.1, 0.15) is 13.3 Å². The Morgan fingerprint density at radius 3 is 2.30 bits per heavy atom. The number of hydrogen-bond acceptors (Lipinski definition) is 4. The molecule has 0 aromatic carbocycles.